The minimum absolute atomic E-state index is 0.0467. The maximum absolute atomic E-state index is 13.9. The lowest BCUT2D eigenvalue weighted by atomic mass is 10.1. The molecule has 0 spiro atoms. The molecular weight excluding hydrogens is 477 g/mol. The van der Waals surface area contributed by atoms with Gasteiger partial charge in [-0.1, -0.05) is 17.7 Å². The molecule has 0 radical (unpaired) electrons. The first kappa shape index (κ1) is 24.0. The van der Waals surface area contributed by atoms with Crippen molar-refractivity contribution in [3.8, 4) is 11.3 Å². The minimum Gasteiger partial charge on any atom is -0.464 e. The fourth-order valence-electron chi connectivity index (χ4n) is 3.41. The van der Waals surface area contributed by atoms with E-state index in [0.29, 0.717) is 22.5 Å². The van der Waals surface area contributed by atoms with Gasteiger partial charge in [0.25, 0.3) is 5.56 Å². The van der Waals surface area contributed by atoms with Crippen molar-refractivity contribution < 1.29 is 19.0 Å². The third-order valence-corrected chi connectivity index (χ3v) is 5.45. The highest BCUT2D eigenvalue weighted by Gasteiger charge is 2.17. The summed E-state index contributed by atoms with van der Waals surface area (Å²) >= 11 is 5.74. The zero-order chi connectivity index (χ0) is 24.9. The lowest BCUT2D eigenvalue weighted by Gasteiger charge is -2.18. The molecule has 1 unspecified atom stereocenters. The molecule has 0 saturated heterocycles. The van der Waals surface area contributed by atoms with Crippen molar-refractivity contribution >= 4 is 29.2 Å². The quantitative estimate of drug-likeness (QED) is 0.373. The van der Waals surface area contributed by atoms with E-state index in [4.69, 9.17) is 11.6 Å². The number of aromatic nitrogens is 4. The second-order valence-electron chi connectivity index (χ2n) is 7.34. The van der Waals surface area contributed by atoms with Crippen LogP contribution in [0.4, 0.5) is 16.0 Å². The number of aliphatic hydroxyl groups is 1. The van der Waals surface area contributed by atoms with Gasteiger partial charge in [-0.05, 0) is 42.0 Å². The Balaban J connectivity index is 1.60. The van der Waals surface area contributed by atoms with Crippen LogP contribution in [0.15, 0.2) is 71.9 Å². The van der Waals surface area contributed by atoms with E-state index in [2.05, 4.69) is 25.0 Å². The van der Waals surface area contributed by atoms with Crippen LogP contribution in [0.25, 0.3) is 11.3 Å². The van der Waals surface area contributed by atoms with Crippen LogP contribution < -0.4 is 10.9 Å². The number of benzene rings is 1. The van der Waals surface area contributed by atoms with Gasteiger partial charge in [-0.25, -0.2) is 24.1 Å². The highest BCUT2D eigenvalue weighted by Crippen LogP contribution is 2.24. The number of carbonyl (C=O) groups is 1. The number of aliphatic hydroxyl groups excluding tert-OH is 1. The third-order valence-electron chi connectivity index (χ3n) is 5.15. The van der Waals surface area contributed by atoms with Crippen molar-refractivity contribution in [2.24, 2.45) is 0 Å². The number of nitrogens with zero attached hydrogens (tertiary/aromatic N) is 4. The predicted octanol–water partition coefficient (Wildman–Crippen LogP) is 3.60. The minimum atomic E-state index is -0.790. The zero-order valence-electron chi connectivity index (χ0n) is 18.4. The van der Waals surface area contributed by atoms with E-state index in [0.717, 1.165) is 0 Å². The molecular formula is C24H19ClFN5O4. The number of anilines is 2. The molecule has 0 aliphatic heterocycles. The van der Waals surface area contributed by atoms with E-state index < -0.39 is 30.0 Å². The lowest BCUT2D eigenvalue weighted by molar-refractivity contribution is 0.0594. The molecule has 4 aromatic rings. The molecule has 1 atom stereocenters. The molecule has 9 nitrogen and oxygen atoms in total. The molecule has 2 N–H and O–H groups in total. The van der Waals surface area contributed by atoms with Gasteiger partial charge in [-0.2, -0.15) is 0 Å². The van der Waals surface area contributed by atoms with Crippen LogP contribution >= 0.6 is 11.6 Å². The monoisotopic (exact) mass is 495 g/mol. The Bertz CT molecular complexity index is 1450. The van der Waals surface area contributed by atoms with Gasteiger partial charge in [0.15, 0.2) is 0 Å². The molecule has 0 amide bonds. The van der Waals surface area contributed by atoms with Crippen LogP contribution in [0.3, 0.4) is 0 Å². The molecule has 0 saturated carbocycles. The van der Waals surface area contributed by atoms with E-state index in [1.165, 1.54) is 54.5 Å². The molecule has 178 valence electrons. The van der Waals surface area contributed by atoms with Crippen LogP contribution in [0.2, 0.25) is 5.02 Å². The second kappa shape index (κ2) is 10.4. The van der Waals surface area contributed by atoms with Gasteiger partial charge in [-0.3, -0.25) is 4.79 Å². The van der Waals surface area contributed by atoms with Crippen LogP contribution in [-0.4, -0.2) is 44.3 Å². The SMILES string of the molecule is COC(=O)c1cc(Nc2nccc(-c3ccn(C(CO)c4ccc(Cl)c(F)c4)c(=O)c3)n2)ccn1. The predicted molar refractivity (Wildman–Crippen MR) is 127 cm³/mol. The number of hydrogen-bond acceptors (Lipinski definition) is 8. The maximum Gasteiger partial charge on any atom is 0.356 e. The van der Waals surface area contributed by atoms with E-state index in [-0.39, 0.29) is 16.7 Å². The Morgan fingerprint density at radius 1 is 1.17 bits per heavy atom. The fourth-order valence-corrected chi connectivity index (χ4v) is 3.53. The maximum atomic E-state index is 13.9. The largest absolute Gasteiger partial charge is 0.464 e. The number of nitrogens with one attached hydrogen (secondary N) is 1. The van der Waals surface area contributed by atoms with Crippen molar-refractivity contribution in [3.05, 3.63) is 99.6 Å². The highest BCUT2D eigenvalue weighted by molar-refractivity contribution is 6.30. The van der Waals surface area contributed by atoms with Crippen LogP contribution in [0.5, 0.6) is 0 Å². The van der Waals surface area contributed by atoms with E-state index in [1.807, 2.05) is 0 Å². The molecule has 0 bridgehead atoms. The summed E-state index contributed by atoms with van der Waals surface area (Å²) in [5, 5.41) is 12.8. The Morgan fingerprint density at radius 2 is 1.97 bits per heavy atom. The number of pyridine rings is 2. The summed E-state index contributed by atoms with van der Waals surface area (Å²) in [5.74, 6) is -0.980. The third kappa shape index (κ3) is 5.34. The number of methoxy groups -OCH3 is 1. The van der Waals surface area contributed by atoms with E-state index in [1.54, 1.807) is 24.3 Å². The zero-order valence-corrected chi connectivity index (χ0v) is 19.1. The second-order valence-corrected chi connectivity index (χ2v) is 7.75. The van der Waals surface area contributed by atoms with Crippen molar-refractivity contribution in [1.29, 1.82) is 0 Å². The van der Waals surface area contributed by atoms with E-state index >= 15 is 0 Å². The first-order valence-electron chi connectivity index (χ1n) is 10.3. The standard InChI is InChI=1S/C24H19ClFN5O4/c1-35-23(34)20-12-16(4-7-27-20)29-24-28-8-5-19(30-24)14-6-9-31(22(33)11-14)21(13-32)15-2-3-17(25)18(26)10-15/h2-12,21,32H,13H2,1H3,(H,27,28,29,30). The molecule has 4 rings (SSSR count). The van der Waals surface area contributed by atoms with Crippen LogP contribution in [-0.2, 0) is 4.74 Å². The highest BCUT2D eigenvalue weighted by atomic mass is 35.5. The topological polar surface area (TPSA) is 119 Å². The first-order chi connectivity index (χ1) is 16.9. The van der Waals surface area contributed by atoms with Gasteiger partial charge < -0.3 is 19.7 Å². The van der Waals surface area contributed by atoms with Crippen LogP contribution in [0.1, 0.15) is 22.1 Å². The Labute approximate surface area is 203 Å². The number of rotatable bonds is 7. The number of ether oxygens (including phenoxy) is 1. The molecule has 0 fully saturated rings. The summed E-state index contributed by atoms with van der Waals surface area (Å²) in [4.78, 5) is 37.1. The summed E-state index contributed by atoms with van der Waals surface area (Å²) in [6.07, 6.45) is 4.47. The molecule has 35 heavy (non-hydrogen) atoms. The van der Waals surface area contributed by atoms with Gasteiger partial charge in [0.2, 0.25) is 5.95 Å². The number of esters is 1. The molecule has 11 heteroatoms. The smallest absolute Gasteiger partial charge is 0.356 e. The van der Waals surface area contributed by atoms with Gasteiger partial charge in [-0.15, -0.1) is 0 Å². The molecule has 3 heterocycles. The molecule has 0 aliphatic carbocycles. The van der Waals surface area contributed by atoms with Crippen molar-refractivity contribution in [2.75, 3.05) is 19.0 Å². The van der Waals surface area contributed by atoms with Crippen LogP contribution in [0, 0.1) is 5.82 Å². The number of hydrogen-bond donors (Lipinski definition) is 2. The Morgan fingerprint density at radius 3 is 2.69 bits per heavy atom. The summed E-state index contributed by atoms with van der Waals surface area (Å²) in [6.45, 7) is -0.415. The Hall–Kier alpha value is -4.15. The fraction of sp³-hybridized carbons (Fsp3) is 0.125. The van der Waals surface area contributed by atoms with Gasteiger partial charge in [0.1, 0.15) is 11.5 Å². The van der Waals surface area contributed by atoms with E-state index in [9.17, 15) is 19.1 Å². The van der Waals surface area contributed by atoms with Gasteiger partial charge >= 0.3 is 5.97 Å². The Kier molecular flexibility index (Phi) is 7.14. The summed E-state index contributed by atoms with van der Waals surface area (Å²) < 4.78 is 19.9. The average molecular weight is 496 g/mol. The van der Waals surface area contributed by atoms with Crippen molar-refractivity contribution in [3.63, 3.8) is 0 Å². The van der Waals surface area contributed by atoms with Gasteiger partial charge in [0, 0.05) is 35.9 Å². The molecule has 1 aromatic carbocycles. The summed E-state index contributed by atoms with van der Waals surface area (Å²) in [6, 6.07) is 11.1. The summed E-state index contributed by atoms with van der Waals surface area (Å²) in [5.41, 5.74) is 1.61. The van der Waals surface area contributed by atoms with Gasteiger partial charge in [0.05, 0.1) is 30.5 Å². The van der Waals surface area contributed by atoms with Crippen molar-refractivity contribution in [1.82, 2.24) is 19.5 Å². The number of carbonyl (C=O) groups excluding carboxylic acids is 1. The molecule has 3 aromatic heterocycles. The first-order valence-corrected chi connectivity index (χ1v) is 10.7. The summed E-state index contributed by atoms with van der Waals surface area (Å²) in [7, 11) is 1.26. The van der Waals surface area contributed by atoms with Crippen molar-refractivity contribution in [2.45, 2.75) is 6.04 Å². The molecule has 0 aliphatic rings. The lowest BCUT2D eigenvalue weighted by Crippen LogP contribution is -2.27. The normalized spacial score (nSPS) is 11.7. The average Bonchev–Trinajstić information content (AvgIpc) is 2.87. The number of halogens is 2.